The second-order valence-electron chi connectivity index (χ2n) is 6.71. The molecule has 0 spiro atoms. The summed E-state index contributed by atoms with van der Waals surface area (Å²) in [7, 11) is 1.59. The monoisotopic (exact) mass is 303 g/mol. The maximum Gasteiger partial charge on any atom is 0.274 e. The fourth-order valence-corrected chi connectivity index (χ4v) is 3.92. The van der Waals surface area contributed by atoms with E-state index in [-0.39, 0.29) is 11.5 Å². The lowest BCUT2D eigenvalue weighted by Crippen LogP contribution is -2.38. The van der Waals surface area contributed by atoms with Crippen molar-refractivity contribution in [2.45, 2.75) is 57.4 Å². The number of rotatable bonds is 3. The molecule has 1 saturated carbocycles. The van der Waals surface area contributed by atoms with E-state index in [1.807, 2.05) is 4.90 Å². The molecule has 1 aliphatic carbocycles. The minimum Gasteiger partial charge on any atom is -0.334 e. The van der Waals surface area contributed by atoms with E-state index in [1.165, 1.54) is 42.9 Å². The third kappa shape index (κ3) is 3.23. The second-order valence-corrected chi connectivity index (χ2v) is 6.71. The smallest absolute Gasteiger partial charge is 0.274 e. The average Bonchev–Trinajstić information content (AvgIpc) is 2.98. The summed E-state index contributed by atoms with van der Waals surface area (Å²) in [5, 5.41) is 4.11. The van der Waals surface area contributed by atoms with E-state index in [1.54, 1.807) is 13.1 Å². The van der Waals surface area contributed by atoms with Gasteiger partial charge in [-0.2, -0.15) is 5.10 Å². The molecule has 2 aliphatic rings. The van der Waals surface area contributed by atoms with Crippen molar-refractivity contribution in [2.75, 3.05) is 6.54 Å². The van der Waals surface area contributed by atoms with Crippen LogP contribution in [0.25, 0.3) is 0 Å². The highest BCUT2D eigenvalue weighted by Gasteiger charge is 2.32. The Hall–Kier alpha value is -1.65. The van der Waals surface area contributed by atoms with Gasteiger partial charge in [-0.15, -0.1) is 0 Å². The average molecular weight is 303 g/mol. The van der Waals surface area contributed by atoms with E-state index >= 15 is 0 Å². The number of likely N-dealkylation sites (tertiary alicyclic amines) is 1. The maximum atomic E-state index is 12.7. The second kappa shape index (κ2) is 6.63. The molecule has 0 radical (unpaired) electrons. The Morgan fingerprint density at radius 1 is 1.18 bits per heavy atom. The molecule has 2 heterocycles. The Balaban J connectivity index is 1.70. The Bertz CT molecular complexity index is 590. The molecule has 0 N–H and O–H groups in total. The fourth-order valence-electron chi connectivity index (χ4n) is 3.92. The Morgan fingerprint density at radius 3 is 2.68 bits per heavy atom. The van der Waals surface area contributed by atoms with E-state index < -0.39 is 0 Å². The first-order valence-electron chi connectivity index (χ1n) is 8.50. The van der Waals surface area contributed by atoms with Gasteiger partial charge in [-0.25, -0.2) is 4.68 Å². The number of hydrogen-bond donors (Lipinski definition) is 0. The van der Waals surface area contributed by atoms with Crippen LogP contribution in [0, 0.1) is 5.92 Å². The summed E-state index contributed by atoms with van der Waals surface area (Å²) in [6.45, 7) is 0.820. The Labute approximate surface area is 131 Å². The molecular formula is C17H25N3O2. The molecule has 1 atom stereocenters. The summed E-state index contributed by atoms with van der Waals surface area (Å²) in [5.41, 5.74) is 0.203. The number of amides is 1. The topological polar surface area (TPSA) is 55.2 Å². The summed E-state index contributed by atoms with van der Waals surface area (Å²) in [5.74, 6) is 0.758. The molecule has 1 aromatic heterocycles. The molecule has 1 aromatic rings. The molecule has 5 nitrogen and oxygen atoms in total. The third-order valence-corrected chi connectivity index (χ3v) is 5.15. The Kier molecular flexibility index (Phi) is 4.60. The molecule has 1 amide bonds. The quantitative estimate of drug-likeness (QED) is 0.861. The molecule has 3 rings (SSSR count). The van der Waals surface area contributed by atoms with Gasteiger partial charge >= 0.3 is 0 Å². The van der Waals surface area contributed by atoms with E-state index in [9.17, 15) is 9.59 Å². The predicted octanol–water partition coefficient (Wildman–Crippen LogP) is 2.36. The number of carbonyl (C=O) groups is 1. The zero-order valence-electron chi connectivity index (χ0n) is 13.3. The van der Waals surface area contributed by atoms with Crippen molar-refractivity contribution in [3.05, 3.63) is 28.2 Å². The van der Waals surface area contributed by atoms with Crippen LogP contribution in [0.5, 0.6) is 0 Å². The van der Waals surface area contributed by atoms with E-state index in [0.717, 1.165) is 31.7 Å². The number of nitrogens with zero attached hydrogens (tertiary/aromatic N) is 3. The Morgan fingerprint density at radius 2 is 1.95 bits per heavy atom. The molecule has 1 aliphatic heterocycles. The van der Waals surface area contributed by atoms with Gasteiger partial charge in [0.2, 0.25) is 0 Å². The van der Waals surface area contributed by atoms with Crippen molar-refractivity contribution in [2.24, 2.45) is 13.0 Å². The van der Waals surface area contributed by atoms with Crippen LogP contribution >= 0.6 is 0 Å². The van der Waals surface area contributed by atoms with Crippen LogP contribution < -0.4 is 5.56 Å². The molecular weight excluding hydrogens is 278 g/mol. The molecule has 0 aromatic carbocycles. The van der Waals surface area contributed by atoms with Crippen molar-refractivity contribution in [1.82, 2.24) is 14.7 Å². The van der Waals surface area contributed by atoms with Crippen LogP contribution in [0.1, 0.15) is 61.9 Å². The normalized spacial score (nSPS) is 23.0. The molecule has 120 valence electrons. The number of aryl methyl sites for hydroxylation is 1. The van der Waals surface area contributed by atoms with Gasteiger partial charge in [0.15, 0.2) is 0 Å². The first-order valence-corrected chi connectivity index (χ1v) is 8.50. The van der Waals surface area contributed by atoms with Crippen LogP contribution in [0.2, 0.25) is 0 Å². The number of hydrogen-bond acceptors (Lipinski definition) is 3. The van der Waals surface area contributed by atoms with Crippen molar-refractivity contribution < 1.29 is 4.79 Å². The standard InChI is InChI=1S/C17H25N3O2/c1-19-16(21)10-9-15(18-19)17(22)20-11-5-8-14(20)12-13-6-3-2-4-7-13/h9-10,13-14H,2-8,11-12H2,1H3/t14-/m1/s1. The maximum absolute atomic E-state index is 12.7. The van der Waals surface area contributed by atoms with Gasteiger partial charge < -0.3 is 4.90 Å². The molecule has 0 unspecified atom stereocenters. The van der Waals surface area contributed by atoms with Crippen molar-refractivity contribution in [1.29, 1.82) is 0 Å². The molecule has 2 fully saturated rings. The minimum atomic E-state index is -0.184. The van der Waals surface area contributed by atoms with Gasteiger partial charge in [0, 0.05) is 25.7 Å². The molecule has 0 bridgehead atoms. The molecule has 1 saturated heterocycles. The zero-order valence-corrected chi connectivity index (χ0v) is 13.3. The summed E-state index contributed by atoms with van der Waals surface area (Å²) >= 11 is 0. The predicted molar refractivity (Wildman–Crippen MR) is 84.7 cm³/mol. The van der Waals surface area contributed by atoms with Crippen molar-refractivity contribution >= 4 is 5.91 Å². The highest BCUT2D eigenvalue weighted by atomic mass is 16.2. The highest BCUT2D eigenvalue weighted by molar-refractivity contribution is 5.92. The lowest BCUT2D eigenvalue weighted by molar-refractivity contribution is 0.0703. The fraction of sp³-hybridized carbons (Fsp3) is 0.706. The van der Waals surface area contributed by atoms with Gasteiger partial charge in [0.05, 0.1) is 0 Å². The number of carbonyl (C=O) groups excluding carboxylic acids is 1. The van der Waals surface area contributed by atoms with E-state index in [0.29, 0.717) is 11.7 Å². The van der Waals surface area contributed by atoms with E-state index in [4.69, 9.17) is 0 Å². The van der Waals surface area contributed by atoms with Crippen LogP contribution in [0.4, 0.5) is 0 Å². The SMILES string of the molecule is Cn1nc(C(=O)N2CCC[C@@H]2CC2CCCCC2)ccc1=O. The van der Waals surface area contributed by atoms with E-state index in [2.05, 4.69) is 5.10 Å². The summed E-state index contributed by atoms with van der Waals surface area (Å²) in [6.07, 6.45) is 10.0. The molecule has 5 heteroatoms. The van der Waals surface area contributed by atoms with Crippen LogP contribution in [0.15, 0.2) is 16.9 Å². The third-order valence-electron chi connectivity index (χ3n) is 5.15. The van der Waals surface area contributed by atoms with Crippen molar-refractivity contribution in [3.8, 4) is 0 Å². The highest BCUT2D eigenvalue weighted by Crippen LogP contribution is 2.32. The first-order chi connectivity index (χ1) is 10.6. The van der Waals surface area contributed by atoms with Gasteiger partial charge in [0.25, 0.3) is 11.5 Å². The molecule has 22 heavy (non-hydrogen) atoms. The minimum absolute atomic E-state index is 0.0195. The van der Waals surface area contributed by atoms with Crippen molar-refractivity contribution in [3.63, 3.8) is 0 Å². The lowest BCUT2D eigenvalue weighted by atomic mass is 9.84. The van der Waals surface area contributed by atoms with Gasteiger partial charge in [-0.1, -0.05) is 32.1 Å². The van der Waals surface area contributed by atoms with Crippen LogP contribution in [-0.2, 0) is 7.05 Å². The zero-order chi connectivity index (χ0) is 15.5. The van der Waals surface area contributed by atoms with Gasteiger partial charge in [-0.05, 0) is 31.2 Å². The lowest BCUT2D eigenvalue weighted by Gasteiger charge is -2.30. The van der Waals surface area contributed by atoms with Gasteiger partial charge in [0.1, 0.15) is 5.69 Å². The largest absolute Gasteiger partial charge is 0.334 e. The van der Waals surface area contributed by atoms with Gasteiger partial charge in [-0.3, -0.25) is 9.59 Å². The first kappa shape index (κ1) is 15.3. The summed E-state index contributed by atoms with van der Waals surface area (Å²) in [4.78, 5) is 26.1. The number of aromatic nitrogens is 2. The summed E-state index contributed by atoms with van der Waals surface area (Å²) in [6, 6.07) is 3.34. The van der Waals surface area contributed by atoms with Crippen LogP contribution in [-0.4, -0.2) is 33.2 Å². The summed E-state index contributed by atoms with van der Waals surface area (Å²) < 4.78 is 1.24. The van der Waals surface area contributed by atoms with Crippen LogP contribution in [0.3, 0.4) is 0 Å².